The maximum absolute atomic E-state index is 13.0. The second-order valence-electron chi connectivity index (χ2n) is 6.36. The van der Waals surface area contributed by atoms with Crippen molar-refractivity contribution >= 4 is 5.91 Å². The van der Waals surface area contributed by atoms with Crippen LogP contribution in [-0.4, -0.2) is 82.3 Å². The molecular weight excluding hydrogens is 322 g/mol. The predicted octanol–water partition coefficient (Wildman–Crippen LogP) is 0.832. The zero-order valence-corrected chi connectivity index (χ0v) is 15.2. The van der Waals surface area contributed by atoms with E-state index < -0.39 is 0 Å². The second-order valence-corrected chi connectivity index (χ2v) is 6.36. The molecule has 0 aliphatic carbocycles. The van der Waals surface area contributed by atoms with Crippen LogP contribution in [0, 0.1) is 0 Å². The number of ether oxygens (including phenoxy) is 3. The van der Waals surface area contributed by atoms with E-state index in [0.29, 0.717) is 28.9 Å². The molecule has 0 radical (unpaired) electrons. The summed E-state index contributed by atoms with van der Waals surface area (Å²) in [5, 5.41) is 3.40. The van der Waals surface area contributed by atoms with Gasteiger partial charge in [0, 0.05) is 38.8 Å². The maximum Gasteiger partial charge on any atom is 0.257 e. The summed E-state index contributed by atoms with van der Waals surface area (Å²) in [6.07, 6.45) is 1.19. The first-order valence-electron chi connectivity index (χ1n) is 8.72. The Labute approximate surface area is 148 Å². The fourth-order valence-electron chi connectivity index (χ4n) is 3.68. The largest absolute Gasteiger partial charge is 0.493 e. The molecule has 138 valence electrons. The monoisotopic (exact) mass is 349 g/mol. The molecule has 3 rings (SSSR count). The minimum absolute atomic E-state index is 0.0259. The molecule has 1 unspecified atom stereocenters. The van der Waals surface area contributed by atoms with Gasteiger partial charge in [0.2, 0.25) is 5.75 Å². The van der Waals surface area contributed by atoms with Crippen LogP contribution in [0.4, 0.5) is 0 Å². The molecule has 0 aromatic heterocycles. The molecule has 2 saturated heterocycles. The molecule has 0 bridgehead atoms. The Balaban J connectivity index is 1.73. The molecule has 1 aromatic carbocycles. The fourth-order valence-corrected chi connectivity index (χ4v) is 3.68. The molecule has 2 aliphatic rings. The molecule has 1 aromatic rings. The van der Waals surface area contributed by atoms with Gasteiger partial charge in [0.05, 0.1) is 26.9 Å². The Morgan fingerprint density at radius 2 is 1.76 bits per heavy atom. The number of piperazine rings is 1. The van der Waals surface area contributed by atoms with Crippen LogP contribution in [0.2, 0.25) is 0 Å². The van der Waals surface area contributed by atoms with Crippen molar-refractivity contribution in [2.75, 3.05) is 60.6 Å². The smallest absolute Gasteiger partial charge is 0.257 e. The molecule has 2 fully saturated rings. The molecule has 2 heterocycles. The maximum atomic E-state index is 13.0. The topological polar surface area (TPSA) is 63.3 Å². The first-order chi connectivity index (χ1) is 12.2. The van der Waals surface area contributed by atoms with Gasteiger partial charge in [-0.15, -0.1) is 0 Å². The number of nitrogens with zero attached hydrogens (tertiary/aromatic N) is 2. The second kappa shape index (κ2) is 7.93. The van der Waals surface area contributed by atoms with E-state index in [0.717, 1.165) is 39.3 Å². The van der Waals surface area contributed by atoms with Gasteiger partial charge in [-0.1, -0.05) is 0 Å². The normalized spacial score (nSPS) is 21.2. The number of hydrogen-bond acceptors (Lipinski definition) is 6. The molecule has 1 atom stereocenters. The van der Waals surface area contributed by atoms with Gasteiger partial charge < -0.3 is 24.4 Å². The summed E-state index contributed by atoms with van der Waals surface area (Å²) in [4.78, 5) is 17.4. The summed E-state index contributed by atoms with van der Waals surface area (Å²) in [6.45, 7) is 5.42. The van der Waals surface area contributed by atoms with Crippen molar-refractivity contribution in [2.45, 2.75) is 12.5 Å². The summed E-state index contributed by atoms with van der Waals surface area (Å²) in [6, 6.07) is 4.10. The third-order valence-corrected chi connectivity index (χ3v) is 5.09. The lowest BCUT2D eigenvalue weighted by Crippen LogP contribution is -2.52. The highest BCUT2D eigenvalue weighted by Gasteiger charge is 2.30. The van der Waals surface area contributed by atoms with Crippen molar-refractivity contribution in [3.05, 3.63) is 17.7 Å². The third-order valence-electron chi connectivity index (χ3n) is 5.09. The average Bonchev–Trinajstić information content (AvgIpc) is 3.21. The number of amides is 1. The molecular formula is C18H27N3O4. The van der Waals surface area contributed by atoms with Gasteiger partial charge in [0.25, 0.3) is 5.91 Å². The van der Waals surface area contributed by atoms with Crippen LogP contribution >= 0.6 is 0 Å². The van der Waals surface area contributed by atoms with Crippen LogP contribution in [0.25, 0.3) is 0 Å². The van der Waals surface area contributed by atoms with Gasteiger partial charge in [0.15, 0.2) is 11.5 Å². The van der Waals surface area contributed by atoms with Gasteiger partial charge in [-0.05, 0) is 25.1 Å². The molecule has 7 heteroatoms. The van der Waals surface area contributed by atoms with Crippen molar-refractivity contribution in [3.8, 4) is 17.2 Å². The molecule has 1 N–H and O–H groups in total. The number of benzene rings is 1. The average molecular weight is 349 g/mol. The Hall–Kier alpha value is -1.99. The van der Waals surface area contributed by atoms with Crippen LogP contribution in [0.1, 0.15) is 16.8 Å². The quantitative estimate of drug-likeness (QED) is 0.850. The lowest BCUT2D eigenvalue weighted by Gasteiger charge is -2.38. The highest BCUT2D eigenvalue weighted by molar-refractivity contribution is 5.98. The van der Waals surface area contributed by atoms with Gasteiger partial charge in [-0.3, -0.25) is 9.69 Å². The zero-order chi connectivity index (χ0) is 17.8. The molecule has 2 aliphatic heterocycles. The van der Waals surface area contributed by atoms with E-state index in [1.54, 1.807) is 33.5 Å². The summed E-state index contributed by atoms with van der Waals surface area (Å²) < 4.78 is 16.1. The van der Waals surface area contributed by atoms with Gasteiger partial charge in [-0.2, -0.15) is 0 Å². The van der Waals surface area contributed by atoms with Crippen LogP contribution in [0.5, 0.6) is 17.2 Å². The van der Waals surface area contributed by atoms with Crippen molar-refractivity contribution < 1.29 is 19.0 Å². The van der Waals surface area contributed by atoms with E-state index in [1.807, 2.05) is 4.90 Å². The molecule has 25 heavy (non-hydrogen) atoms. The third kappa shape index (κ3) is 3.52. The van der Waals surface area contributed by atoms with Gasteiger partial charge in [0.1, 0.15) is 0 Å². The summed E-state index contributed by atoms with van der Waals surface area (Å²) in [7, 11) is 4.65. The number of rotatable bonds is 5. The Morgan fingerprint density at radius 1 is 1.04 bits per heavy atom. The highest BCUT2D eigenvalue weighted by Crippen LogP contribution is 2.40. The molecule has 0 spiro atoms. The molecule has 0 saturated carbocycles. The number of hydrogen-bond donors (Lipinski definition) is 1. The van der Waals surface area contributed by atoms with Crippen molar-refractivity contribution in [1.29, 1.82) is 0 Å². The van der Waals surface area contributed by atoms with Crippen LogP contribution in [-0.2, 0) is 0 Å². The van der Waals surface area contributed by atoms with E-state index in [-0.39, 0.29) is 5.91 Å². The molecule has 1 amide bonds. The lowest BCUT2D eigenvalue weighted by atomic mass is 10.1. The Morgan fingerprint density at radius 3 is 2.32 bits per heavy atom. The van der Waals surface area contributed by atoms with Crippen LogP contribution < -0.4 is 19.5 Å². The number of nitrogens with one attached hydrogen (secondary N) is 1. The number of methoxy groups -OCH3 is 3. The summed E-state index contributed by atoms with van der Waals surface area (Å²) >= 11 is 0. The lowest BCUT2D eigenvalue weighted by molar-refractivity contribution is 0.0580. The van der Waals surface area contributed by atoms with E-state index in [9.17, 15) is 4.79 Å². The van der Waals surface area contributed by atoms with Crippen molar-refractivity contribution in [3.63, 3.8) is 0 Å². The standard InChI is InChI=1S/C18H27N3O4/c1-23-15-5-4-14(16(24-2)17(15)25-3)18(22)21-10-8-20(9-11-21)13-6-7-19-12-13/h4-5,13,19H,6-12H2,1-3H3. The van der Waals surface area contributed by atoms with E-state index >= 15 is 0 Å². The summed E-state index contributed by atoms with van der Waals surface area (Å²) in [5.74, 6) is 1.40. The van der Waals surface area contributed by atoms with E-state index in [4.69, 9.17) is 14.2 Å². The number of carbonyl (C=O) groups is 1. The van der Waals surface area contributed by atoms with E-state index in [1.165, 1.54) is 6.42 Å². The fraction of sp³-hybridized carbons (Fsp3) is 0.611. The van der Waals surface area contributed by atoms with Crippen LogP contribution in [0.15, 0.2) is 12.1 Å². The first-order valence-corrected chi connectivity index (χ1v) is 8.72. The molecule has 7 nitrogen and oxygen atoms in total. The minimum atomic E-state index is -0.0259. The zero-order valence-electron chi connectivity index (χ0n) is 15.2. The first kappa shape index (κ1) is 17.8. The van der Waals surface area contributed by atoms with Crippen LogP contribution in [0.3, 0.4) is 0 Å². The minimum Gasteiger partial charge on any atom is -0.493 e. The Bertz CT molecular complexity index is 609. The SMILES string of the molecule is COc1ccc(C(=O)N2CCN(C3CCNC3)CC2)c(OC)c1OC. The highest BCUT2D eigenvalue weighted by atomic mass is 16.5. The summed E-state index contributed by atoms with van der Waals surface area (Å²) in [5.41, 5.74) is 0.510. The van der Waals surface area contributed by atoms with E-state index in [2.05, 4.69) is 10.2 Å². The van der Waals surface area contributed by atoms with Gasteiger partial charge in [-0.25, -0.2) is 0 Å². The van der Waals surface area contributed by atoms with Crippen molar-refractivity contribution in [1.82, 2.24) is 15.1 Å². The predicted molar refractivity (Wildman–Crippen MR) is 94.8 cm³/mol. The number of carbonyl (C=O) groups excluding carboxylic acids is 1. The van der Waals surface area contributed by atoms with Crippen molar-refractivity contribution in [2.24, 2.45) is 0 Å². The Kier molecular flexibility index (Phi) is 5.65. The van der Waals surface area contributed by atoms with Gasteiger partial charge >= 0.3 is 0 Å².